The van der Waals surface area contributed by atoms with Crippen LogP contribution in [0.3, 0.4) is 0 Å². The molecule has 0 radical (unpaired) electrons. The van der Waals surface area contributed by atoms with Crippen molar-refractivity contribution in [2.24, 2.45) is 0 Å². The quantitative estimate of drug-likeness (QED) is 0.479. The third kappa shape index (κ3) is 3.88. The third-order valence-electron chi connectivity index (χ3n) is 5.10. The number of hydrogen-bond donors (Lipinski definition) is 1. The van der Waals surface area contributed by atoms with Gasteiger partial charge in [0.2, 0.25) is 5.95 Å². The van der Waals surface area contributed by atoms with Gasteiger partial charge in [-0.1, -0.05) is 17.7 Å². The van der Waals surface area contributed by atoms with E-state index >= 15 is 0 Å². The number of aromatic nitrogens is 5. The van der Waals surface area contributed by atoms with E-state index in [-0.39, 0.29) is 11.1 Å². The van der Waals surface area contributed by atoms with Gasteiger partial charge in [-0.15, -0.1) is 0 Å². The molecule has 0 aliphatic rings. The molecule has 0 saturated carbocycles. The first kappa shape index (κ1) is 21.7. The molecule has 9 nitrogen and oxygen atoms in total. The zero-order valence-corrected chi connectivity index (χ0v) is 18.6. The highest BCUT2D eigenvalue weighted by Gasteiger charge is 2.16. The highest BCUT2D eigenvalue weighted by atomic mass is 35.5. The number of nitrogens with one attached hydrogen (secondary N) is 1. The van der Waals surface area contributed by atoms with Crippen molar-refractivity contribution in [1.82, 2.24) is 24.1 Å². The minimum absolute atomic E-state index is 0.186. The Kier molecular flexibility index (Phi) is 6.02. The first-order valence-electron chi connectivity index (χ1n) is 9.85. The predicted octanol–water partition coefficient (Wildman–Crippen LogP) is 2.65. The van der Waals surface area contributed by atoms with Crippen LogP contribution in [0.15, 0.2) is 52.6 Å². The largest absolute Gasteiger partial charge is 0.383 e. The lowest BCUT2D eigenvalue weighted by molar-refractivity contribution is 0.187. The fourth-order valence-electron chi connectivity index (χ4n) is 3.43. The van der Waals surface area contributed by atoms with Gasteiger partial charge in [0.15, 0.2) is 0 Å². The van der Waals surface area contributed by atoms with Gasteiger partial charge >= 0.3 is 0 Å². The molecule has 1 aromatic carbocycles. The number of pyridine rings is 1. The van der Waals surface area contributed by atoms with Crippen molar-refractivity contribution in [1.29, 1.82) is 0 Å². The van der Waals surface area contributed by atoms with Gasteiger partial charge in [-0.05, 0) is 25.1 Å². The van der Waals surface area contributed by atoms with Gasteiger partial charge in [-0.2, -0.15) is 4.98 Å². The van der Waals surface area contributed by atoms with Crippen LogP contribution in [-0.4, -0.2) is 44.9 Å². The number of halogens is 1. The second kappa shape index (κ2) is 8.89. The summed E-state index contributed by atoms with van der Waals surface area (Å²) in [5.74, 6) is 0.412. The summed E-state index contributed by atoms with van der Waals surface area (Å²) in [6.45, 7) is 2.36. The number of aryl methyl sites for hydroxylation is 1. The van der Waals surface area contributed by atoms with Crippen molar-refractivity contribution in [3.8, 4) is 16.8 Å². The molecule has 164 valence electrons. The Morgan fingerprint density at radius 1 is 1.12 bits per heavy atom. The molecule has 0 amide bonds. The van der Waals surface area contributed by atoms with Crippen LogP contribution in [0.1, 0.15) is 5.56 Å². The molecule has 1 N–H and O–H groups in total. The van der Waals surface area contributed by atoms with Gasteiger partial charge in [-0.3, -0.25) is 18.7 Å². The smallest absolute Gasteiger partial charge is 0.260 e. The normalized spacial score (nSPS) is 11.1. The van der Waals surface area contributed by atoms with Crippen molar-refractivity contribution >= 4 is 28.6 Å². The van der Waals surface area contributed by atoms with Crippen molar-refractivity contribution in [2.75, 3.05) is 26.1 Å². The summed E-state index contributed by atoms with van der Waals surface area (Å²) >= 11 is 6.58. The summed E-state index contributed by atoms with van der Waals surface area (Å²) in [6, 6.07) is 6.82. The fraction of sp³-hybridized carbons (Fsp3) is 0.227. The van der Waals surface area contributed by atoms with Crippen LogP contribution in [0, 0.1) is 6.92 Å². The molecular formula is C22H21ClN6O3. The average Bonchev–Trinajstić information content (AvgIpc) is 2.80. The minimum atomic E-state index is -0.251. The second-order valence-electron chi connectivity index (χ2n) is 7.15. The summed E-state index contributed by atoms with van der Waals surface area (Å²) in [7, 11) is 3.28. The van der Waals surface area contributed by atoms with Crippen LogP contribution in [0.5, 0.6) is 0 Å². The SMILES string of the molecule is CNc1ncc2cc(-c3ccc(-n4cncc(C)c4=O)cc3Cl)c(=O)n(CCOC)c2n1. The first-order valence-corrected chi connectivity index (χ1v) is 10.2. The number of ether oxygens (including phenoxy) is 1. The van der Waals surface area contributed by atoms with Crippen molar-refractivity contribution in [3.05, 3.63) is 74.3 Å². The summed E-state index contributed by atoms with van der Waals surface area (Å²) in [5, 5.41) is 3.91. The van der Waals surface area contributed by atoms with E-state index < -0.39 is 0 Å². The number of benzene rings is 1. The standard InChI is InChI=1S/C22H21ClN6O3/c1-13-10-25-12-29(20(13)30)15-4-5-16(18(23)9-15)17-8-14-11-26-22(24-2)27-19(14)28(21(17)31)6-7-32-3/h4-5,8-12H,6-7H2,1-3H3,(H,24,26,27). The van der Waals surface area contributed by atoms with Crippen LogP contribution in [0.2, 0.25) is 5.02 Å². The fourth-order valence-corrected chi connectivity index (χ4v) is 3.70. The van der Waals surface area contributed by atoms with Crippen LogP contribution >= 0.6 is 11.6 Å². The number of anilines is 1. The van der Waals surface area contributed by atoms with Crippen LogP contribution in [0.25, 0.3) is 27.8 Å². The van der Waals surface area contributed by atoms with Crippen molar-refractivity contribution < 1.29 is 4.74 Å². The van der Waals surface area contributed by atoms with Crippen LogP contribution in [0.4, 0.5) is 5.95 Å². The maximum atomic E-state index is 13.4. The molecule has 0 spiro atoms. The van der Waals surface area contributed by atoms with E-state index in [9.17, 15) is 9.59 Å². The van der Waals surface area contributed by atoms with E-state index in [0.29, 0.717) is 57.5 Å². The monoisotopic (exact) mass is 452 g/mol. The molecule has 0 atom stereocenters. The molecule has 0 fully saturated rings. The van der Waals surface area contributed by atoms with Gasteiger partial charge in [-0.25, -0.2) is 9.97 Å². The van der Waals surface area contributed by atoms with E-state index in [1.807, 2.05) is 0 Å². The maximum absolute atomic E-state index is 13.4. The molecule has 3 aromatic heterocycles. The molecular weight excluding hydrogens is 432 g/mol. The lowest BCUT2D eigenvalue weighted by Gasteiger charge is -2.14. The topological polar surface area (TPSA) is 104 Å². The lowest BCUT2D eigenvalue weighted by Crippen LogP contribution is -2.25. The summed E-state index contributed by atoms with van der Waals surface area (Å²) in [4.78, 5) is 38.6. The summed E-state index contributed by atoms with van der Waals surface area (Å²) in [6.07, 6.45) is 4.60. The molecule has 0 saturated heterocycles. The van der Waals surface area contributed by atoms with Gasteiger partial charge in [0.05, 0.1) is 23.9 Å². The summed E-state index contributed by atoms with van der Waals surface area (Å²) in [5.41, 5.74) is 2.08. The Balaban J connectivity index is 1.89. The zero-order chi connectivity index (χ0) is 22.8. The average molecular weight is 453 g/mol. The number of methoxy groups -OCH3 is 1. The molecule has 32 heavy (non-hydrogen) atoms. The van der Waals surface area contributed by atoms with Gasteiger partial charge < -0.3 is 10.1 Å². The van der Waals surface area contributed by atoms with E-state index in [2.05, 4.69) is 20.3 Å². The van der Waals surface area contributed by atoms with E-state index in [1.54, 1.807) is 56.1 Å². The van der Waals surface area contributed by atoms with Gasteiger partial charge in [0.25, 0.3) is 11.1 Å². The minimum Gasteiger partial charge on any atom is -0.383 e. The Morgan fingerprint density at radius 3 is 2.66 bits per heavy atom. The van der Waals surface area contributed by atoms with Crippen LogP contribution < -0.4 is 16.4 Å². The lowest BCUT2D eigenvalue weighted by atomic mass is 10.1. The number of fused-ring (bicyclic) bond motifs is 1. The first-order chi connectivity index (χ1) is 15.4. The Morgan fingerprint density at radius 2 is 1.94 bits per heavy atom. The zero-order valence-electron chi connectivity index (χ0n) is 17.8. The summed E-state index contributed by atoms with van der Waals surface area (Å²) < 4.78 is 8.14. The molecule has 0 aliphatic heterocycles. The van der Waals surface area contributed by atoms with Crippen molar-refractivity contribution in [3.63, 3.8) is 0 Å². The van der Waals surface area contributed by atoms with E-state index in [4.69, 9.17) is 16.3 Å². The molecule has 0 bridgehead atoms. The second-order valence-corrected chi connectivity index (χ2v) is 7.55. The molecule has 0 unspecified atom stereocenters. The number of hydrogen-bond acceptors (Lipinski definition) is 7. The highest BCUT2D eigenvalue weighted by molar-refractivity contribution is 6.33. The molecule has 3 heterocycles. The molecule has 4 aromatic rings. The van der Waals surface area contributed by atoms with Crippen molar-refractivity contribution in [2.45, 2.75) is 13.5 Å². The molecule has 0 aliphatic carbocycles. The van der Waals surface area contributed by atoms with Crippen LogP contribution in [-0.2, 0) is 11.3 Å². The third-order valence-corrected chi connectivity index (χ3v) is 5.41. The highest BCUT2D eigenvalue weighted by Crippen LogP contribution is 2.29. The molecule has 4 rings (SSSR count). The number of rotatable bonds is 6. The number of nitrogens with zero attached hydrogens (tertiary/aromatic N) is 5. The predicted molar refractivity (Wildman–Crippen MR) is 124 cm³/mol. The van der Waals surface area contributed by atoms with Gasteiger partial charge in [0.1, 0.15) is 12.0 Å². The maximum Gasteiger partial charge on any atom is 0.260 e. The Labute approximate surface area is 188 Å². The van der Waals surface area contributed by atoms with Gasteiger partial charge in [0, 0.05) is 48.6 Å². The Bertz CT molecular complexity index is 1430. The Hall–Kier alpha value is -3.56. The van der Waals surface area contributed by atoms with E-state index in [0.717, 1.165) is 0 Å². The van der Waals surface area contributed by atoms with E-state index in [1.165, 1.54) is 17.1 Å². The molecule has 10 heteroatoms.